The molecule has 1 heterocycles. The van der Waals surface area contributed by atoms with E-state index >= 15 is 0 Å². The molecule has 6 heteroatoms. The summed E-state index contributed by atoms with van der Waals surface area (Å²) in [4.78, 5) is 13.4. The lowest BCUT2D eigenvalue weighted by Crippen LogP contribution is -2.45. The van der Waals surface area contributed by atoms with Crippen LogP contribution in [0.25, 0.3) is 10.9 Å². The topological polar surface area (TPSA) is 114 Å². The highest BCUT2D eigenvalue weighted by atomic mass is 16.4. The zero-order chi connectivity index (χ0) is 14.7. The van der Waals surface area contributed by atoms with Gasteiger partial charge in [-0.3, -0.25) is 0 Å². The Morgan fingerprint density at radius 2 is 1.80 bits per heavy atom. The summed E-state index contributed by atoms with van der Waals surface area (Å²) < 4.78 is 0. The van der Waals surface area contributed by atoms with Crippen molar-refractivity contribution >= 4 is 17.2 Å². The van der Waals surface area contributed by atoms with Gasteiger partial charge < -0.3 is 30.2 Å². The first-order valence-electron chi connectivity index (χ1n) is 6.27. The molecule has 0 aliphatic carbocycles. The highest BCUT2D eigenvalue weighted by molar-refractivity contribution is 5.80. The van der Waals surface area contributed by atoms with Crippen molar-refractivity contribution in [2.45, 2.75) is 30.8 Å². The molecule has 0 radical (unpaired) electrons. The number of para-hydroxylation sites is 1. The third kappa shape index (κ3) is 3.05. The molecule has 108 valence electrons. The smallest absolute Gasteiger partial charge is 0.151 e. The summed E-state index contributed by atoms with van der Waals surface area (Å²) in [5.74, 6) is 0. The van der Waals surface area contributed by atoms with Crippen molar-refractivity contribution in [3.63, 3.8) is 0 Å². The molecule has 20 heavy (non-hydrogen) atoms. The fourth-order valence-electron chi connectivity index (χ4n) is 2.10. The Hall–Kier alpha value is -1.73. The number of benzene rings is 1. The number of hydrogen-bond donors (Lipinski definition) is 5. The number of nitrogens with one attached hydrogen (secondary N) is 1. The van der Waals surface area contributed by atoms with Crippen molar-refractivity contribution in [3.05, 3.63) is 36.0 Å². The predicted octanol–water partition coefficient (Wildman–Crippen LogP) is -0.647. The molecular formula is C14H17NO5. The summed E-state index contributed by atoms with van der Waals surface area (Å²) in [6, 6.07) is 9.37. The largest absolute Gasteiger partial charge is 0.390 e. The third-order valence-electron chi connectivity index (χ3n) is 3.25. The number of fused-ring (bicyclic) bond motifs is 1. The van der Waals surface area contributed by atoms with Crippen LogP contribution < -0.4 is 0 Å². The number of H-pyrrole nitrogens is 1. The summed E-state index contributed by atoms with van der Waals surface area (Å²) in [5, 5.41) is 39.1. The van der Waals surface area contributed by atoms with E-state index in [4.69, 9.17) is 5.11 Å². The second kappa shape index (κ2) is 6.15. The summed E-state index contributed by atoms with van der Waals surface area (Å²) in [5.41, 5.74) is 1.59. The molecule has 2 aromatic rings. The average Bonchev–Trinajstić information content (AvgIpc) is 2.86. The van der Waals surface area contributed by atoms with Crippen molar-refractivity contribution in [2.75, 3.05) is 0 Å². The molecule has 1 aromatic carbocycles. The minimum Gasteiger partial charge on any atom is -0.390 e. The van der Waals surface area contributed by atoms with E-state index in [0.717, 1.165) is 10.9 Å². The molecule has 0 aliphatic rings. The van der Waals surface area contributed by atoms with Gasteiger partial charge in [-0.05, 0) is 17.5 Å². The Bertz CT molecular complexity index is 549. The molecular weight excluding hydrogens is 262 g/mol. The Labute approximate surface area is 115 Å². The lowest BCUT2D eigenvalue weighted by molar-refractivity contribution is -0.133. The van der Waals surface area contributed by atoms with Crippen LogP contribution in [-0.2, 0) is 11.2 Å². The maximum absolute atomic E-state index is 10.3. The van der Waals surface area contributed by atoms with E-state index in [9.17, 15) is 20.1 Å². The van der Waals surface area contributed by atoms with Gasteiger partial charge in [0.1, 0.15) is 18.3 Å². The minimum atomic E-state index is -1.72. The van der Waals surface area contributed by atoms with E-state index in [1.807, 2.05) is 30.3 Å². The van der Waals surface area contributed by atoms with Gasteiger partial charge in [0, 0.05) is 17.6 Å². The van der Waals surface area contributed by atoms with Gasteiger partial charge in [-0.1, -0.05) is 18.2 Å². The lowest BCUT2D eigenvalue weighted by Gasteiger charge is -2.23. The number of rotatable bonds is 6. The molecule has 6 nitrogen and oxygen atoms in total. The molecule has 0 saturated carbocycles. The average molecular weight is 279 g/mol. The third-order valence-corrected chi connectivity index (χ3v) is 3.25. The van der Waals surface area contributed by atoms with Gasteiger partial charge in [0.25, 0.3) is 0 Å². The molecule has 5 N–H and O–H groups in total. The standard InChI is InChI=1S/C14H17NO5/c16-7-12(18)14(20)13(19)11(17)6-9-5-8-3-1-2-4-10(8)15-9/h1-5,7,11-15,17-20H,6H2/t11-,12+,13+,14-/m1/s1. The number of aldehydes is 1. The second-order valence-corrected chi connectivity index (χ2v) is 4.76. The van der Waals surface area contributed by atoms with E-state index in [0.29, 0.717) is 5.69 Å². The molecule has 4 atom stereocenters. The van der Waals surface area contributed by atoms with Crippen LogP contribution in [0.3, 0.4) is 0 Å². The summed E-state index contributed by atoms with van der Waals surface area (Å²) in [6.45, 7) is 0. The van der Waals surface area contributed by atoms with Crippen molar-refractivity contribution in [2.24, 2.45) is 0 Å². The van der Waals surface area contributed by atoms with Gasteiger partial charge in [-0.15, -0.1) is 0 Å². The Morgan fingerprint density at radius 1 is 1.10 bits per heavy atom. The lowest BCUT2D eigenvalue weighted by atomic mass is 10.0. The van der Waals surface area contributed by atoms with E-state index < -0.39 is 24.4 Å². The van der Waals surface area contributed by atoms with Gasteiger partial charge in [-0.25, -0.2) is 0 Å². The van der Waals surface area contributed by atoms with E-state index in [1.165, 1.54) is 0 Å². The zero-order valence-electron chi connectivity index (χ0n) is 10.7. The minimum absolute atomic E-state index is 0.0679. The first-order chi connectivity index (χ1) is 9.52. The Kier molecular flexibility index (Phi) is 4.51. The normalized spacial score (nSPS) is 17.6. The van der Waals surface area contributed by atoms with Crippen LogP contribution in [0.2, 0.25) is 0 Å². The van der Waals surface area contributed by atoms with Crippen molar-refractivity contribution in [1.29, 1.82) is 0 Å². The van der Waals surface area contributed by atoms with E-state index in [-0.39, 0.29) is 12.7 Å². The van der Waals surface area contributed by atoms with Crippen molar-refractivity contribution < 1.29 is 25.2 Å². The van der Waals surface area contributed by atoms with Gasteiger partial charge >= 0.3 is 0 Å². The summed E-state index contributed by atoms with van der Waals surface area (Å²) >= 11 is 0. The quantitative estimate of drug-likeness (QED) is 0.451. The first-order valence-corrected chi connectivity index (χ1v) is 6.27. The predicted molar refractivity (Wildman–Crippen MR) is 72.1 cm³/mol. The van der Waals surface area contributed by atoms with Crippen LogP contribution in [-0.4, -0.2) is 56.1 Å². The molecule has 0 saturated heterocycles. The Balaban J connectivity index is 2.06. The molecule has 0 fully saturated rings. The van der Waals surface area contributed by atoms with E-state index in [2.05, 4.69) is 4.98 Å². The molecule has 1 aromatic heterocycles. The number of carbonyl (C=O) groups is 1. The number of aliphatic hydroxyl groups is 4. The highest BCUT2D eigenvalue weighted by Gasteiger charge is 2.30. The summed E-state index contributed by atoms with van der Waals surface area (Å²) in [7, 11) is 0. The zero-order valence-corrected chi connectivity index (χ0v) is 10.7. The van der Waals surface area contributed by atoms with Gasteiger partial charge in [0.2, 0.25) is 0 Å². The number of carbonyl (C=O) groups excluding carboxylic acids is 1. The fourth-order valence-corrected chi connectivity index (χ4v) is 2.10. The monoisotopic (exact) mass is 279 g/mol. The fraction of sp³-hybridized carbons (Fsp3) is 0.357. The molecule has 0 aliphatic heterocycles. The molecule has 0 bridgehead atoms. The number of hydrogen-bond acceptors (Lipinski definition) is 5. The Morgan fingerprint density at radius 3 is 2.45 bits per heavy atom. The van der Waals surface area contributed by atoms with Crippen LogP contribution >= 0.6 is 0 Å². The molecule has 2 rings (SSSR count). The number of aromatic amines is 1. The number of aromatic nitrogens is 1. The highest BCUT2D eigenvalue weighted by Crippen LogP contribution is 2.17. The van der Waals surface area contributed by atoms with Gasteiger partial charge in [-0.2, -0.15) is 0 Å². The maximum Gasteiger partial charge on any atom is 0.151 e. The summed E-state index contributed by atoms with van der Waals surface area (Å²) in [6.07, 6.45) is -6.16. The first kappa shape index (κ1) is 14.7. The van der Waals surface area contributed by atoms with Crippen molar-refractivity contribution in [1.82, 2.24) is 4.98 Å². The molecule has 0 amide bonds. The van der Waals surface area contributed by atoms with Crippen molar-refractivity contribution in [3.8, 4) is 0 Å². The second-order valence-electron chi connectivity index (χ2n) is 4.76. The van der Waals surface area contributed by atoms with Crippen LogP contribution in [0.4, 0.5) is 0 Å². The van der Waals surface area contributed by atoms with Crippen LogP contribution in [0.15, 0.2) is 30.3 Å². The number of aliphatic hydroxyl groups excluding tert-OH is 4. The van der Waals surface area contributed by atoms with E-state index in [1.54, 1.807) is 0 Å². The molecule has 0 spiro atoms. The molecule has 0 unspecified atom stereocenters. The SMILES string of the molecule is O=C[C@H](O)[C@@H](O)[C@@H](O)[C@H](O)Cc1cc2ccccc2[nH]1. The van der Waals surface area contributed by atoms with Crippen LogP contribution in [0.5, 0.6) is 0 Å². The maximum atomic E-state index is 10.3. The van der Waals surface area contributed by atoms with Gasteiger partial charge in [0.15, 0.2) is 6.29 Å². The van der Waals surface area contributed by atoms with Crippen LogP contribution in [0, 0.1) is 0 Å². The van der Waals surface area contributed by atoms with Crippen LogP contribution in [0.1, 0.15) is 5.69 Å². The van der Waals surface area contributed by atoms with Gasteiger partial charge in [0.05, 0.1) is 6.10 Å².